The van der Waals surface area contributed by atoms with Gasteiger partial charge in [-0.2, -0.15) is 0 Å². The van der Waals surface area contributed by atoms with Gasteiger partial charge in [-0.15, -0.1) is 0 Å². The molecule has 7 nitrogen and oxygen atoms in total. The fraction of sp³-hybridized carbons (Fsp3) is 0.125. The molecule has 0 unspecified atom stereocenters. The predicted molar refractivity (Wildman–Crippen MR) is 89.5 cm³/mol. The summed E-state index contributed by atoms with van der Waals surface area (Å²) < 4.78 is 5.65. The topological polar surface area (TPSA) is 122 Å². The van der Waals surface area contributed by atoms with Crippen LogP contribution in [0.15, 0.2) is 36.4 Å². The van der Waals surface area contributed by atoms with Crippen LogP contribution < -0.4 is 15.8 Å². The molecule has 4 rings (SSSR count). The summed E-state index contributed by atoms with van der Waals surface area (Å²) in [5.41, 5.74) is 4.51. The molecule has 0 bridgehead atoms. The van der Waals surface area contributed by atoms with Crippen LogP contribution >= 0.6 is 0 Å². The number of rotatable bonds is 2. The molecule has 2 aromatic rings. The van der Waals surface area contributed by atoms with E-state index in [-0.39, 0.29) is 33.9 Å². The van der Waals surface area contributed by atoms with Crippen LogP contribution in [0.1, 0.15) is 21.5 Å². The number of ketones is 1. The van der Waals surface area contributed by atoms with Crippen LogP contribution in [0.2, 0.25) is 0 Å². The Kier molecular flexibility index (Phi) is 2.99. The fourth-order valence-corrected chi connectivity index (χ4v) is 3.59. The number of Topliss-reactive ketones (excluding diaryl/α,β-unsaturated/α-hetero) is 1. The average Bonchev–Trinajstić information content (AvgIpc) is 2.92. The number of aromatic hydroxyl groups is 1. The van der Waals surface area contributed by atoms with Crippen LogP contribution in [-0.2, 0) is 11.3 Å². The SMILES string of the molecule is [B][B]C(=O)N[C@]12C(=O)c3c(N)cccc3[C@@]1(O)Oc1cc(O)ccc12. The summed E-state index contributed by atoms with van der Waals surface area (Å²) in [5.74, 6) is -3.66. The number of hydrogen-bond acceptors (Lipinski definition) is 6. The van der Waals surface area contributed by atoms with Crippen molar-refractivity contribution < 1.29 is 24.5 Å². The number of ether oxygens (including phenoxy) is 1. The number of benzene rings is 2. The summed E-state index contributed by atoms with van der Waals surface area (Å²) in [6, 6.07) is 8.56. The summed E-state index contributed by atoms with van der Waals surface area (Å²) in [7, 11) is 6.01. The number of nitrogen functional groups attached to an aromatic ring is 1. The molecule has 0 fully saturated rings. The number of nitrogens with one attached hydrogen (secondary N) is 1. The van der Waals surface area contributed by atoms with E-state index in [2.05, 4.69) is 5.32 Å². The highest BCUT2D eigenvalue weighted by atomic mass is 16.6. The van der Waals surface area contributed by atoms with Crippen molar-refractivity contribution in [2.75, 3.05) is 5.73 Å². The zero-order valence-electron chi connectivity index (χ0n) is 12.8. The van der Waals surface area contributed by atoms with E-state index in [0.717, 1.165) is 7.17 Å². The molecule has 1 aliphatic heterocycles. The zero-order valence-corrected chi connectivity index (χ0v) is 12.8. The Bertz CT molecular complexity index is 950. The lowest BCUT2D eigenvalue weighted by Gasteiger charge is -2.34. The second-order valence-corrected chi connectivity index (χ2v) is 5.93. The number of carbonyl (C=O) groups is 2. The Morgan fingerprint density at radius 2 is 2.04 bits per heavy atom. The molecule has 0 saturated carbocycles. The number of amides is 1. The molecule has 0 spiro atoms. The highest BCUT2D eigenvalue weighted by Gasteiger charge is 2.71. The number of nitrogens with two attached hydrogens (primary N) is 1. The molecule has 3 radical (unpaired) electrons. The van der Waals surface area contributed by atoms with E-state index in [1.165, 1.54) is 30.3 Å². The lowest BCUT2D eigenvalue weighted by Crippen LogP contribution is -2.60. The Labute approximate surface area is 144 Å². The largest absolute Gasteiger partial charge is 0.508 e. The molecule has 5 N–H and O–H groups in total. The van der Waals surface area contributed by atoms with Crippen LogP contribution in [0.25, 0.3) is 0 Å². The van der Waals surface area contributed by atoms with Gasteiger partial charge in [0.15, 0.2) is 13.0 Å². The van der Waals surface area contributed by atoms with Gasteiger partial charge in [0.1, 0.15) is 11.5 Å². The van der Waals surface area contributed by atoms with Crippen molar-refractivity contribution in [2.45, 2.75) is 11.3 Å². The molecule has 1 amide bonds. The first-order valence-electron chi connectivity index (χ1n) is 7.41. The normalized spacial score (nSPS) is 25.6. The van der Waals surface area contributed by atoms with Crippen molar-refractivity contribution in [3.63, 3.8) is 0 Å². The minimum absolute atomic E-state index is 0.0704. The van der Waals surface area contributed by atoms with Gasteiger partial charge in [-0.05, 0) is 18.2 Å². The maximum Gasteiger partial charge on any atom is 0.271 e. The van der Waals surface area contributed by atoms with E-state index in [1.54, 1.807) is 6.07 Å². The van der Waals surface area contributed by atoms with E-state index in [0.29, 0.717) is 0 Å². The maximum atomic E-state index is 13.3. The number of hydrogen-bond donors (Lipinski definition) is 4. The summed E-state index contributed by atoms with van der Waals surface area (Å²) in [4.78, 5) is 25.3. The van der Waals surface area contributed by atoms with E-state index in [9.17, 15) is 19.8 Å². The van der Waals surface area contributed by atoms with E-state index >= 15 is 0 Å². The zero-order chi connectivity index (χ0) is 18.0. The number of aliphatic hydroxyl groups is 1. The number of phenolic OH excluding ortho intramolecular Hbond substituents is 1. The molecule has 1 aliphatic carbocycles. The number of carbonyl (C=O) groups excluding carboxylic acids is 2. The minimum atomic E-state index is -2.22. The maximum absolute atomic E-state index is 13.3. The Morgan fingerprint density at radius 1 is 1.28 bits per heavy atom. The molecule has 0 saturated heterocycles. The molecule has 2 aliphatic rings. The first-order chi connectivity index (χ1) is 11.8. The van der Waals surface area contributed by atoms with Crippen molar-refractivity contribution in [2.24, 2.45) is 0 Å². The van der Waals surface area contributed by atoms with Gasteiger partial charge < -0.3 is 26.0 Å². The predicted octanol–water partition coefficient (Wildman–Crippen LogP) is 0.101. The number of phenols is 1. The third kappa shape index (κ3) is 1.70. The van der Waals surface area contributed by atoms with Crippen LogP contribution in [0.4, 0.5) is 10.5 Å². The lowest BCUT2D eigenvalue weighted by molar-refractivity contribution is -0.168. The van der Waals surface area contributed by atoms with Gasteiger partial charge in [0.25, 0.3) is 5.79 Å². The van der Waals surface area contributed by atoms with Gasteiger partial charge in [-0.3, -0.25) is 9.59 Å². The van der Waals surface area contributed by atoms with Crippen LogP contribution in [0.5, 0.6) is 11.5 Å². The summed E-state index contributed by atoms with van der Waals surface area (Å²) in [5, 5.41) is 23.5. The van der Waals surface area contributed by atoms with E-state index < -0.39 is 22.9 Å². The average molecular weight is 333 g/mol. The molecule has 1 heterocycles. The second kappa shape index (κ2) is 4.80. The molecular formula is C16H11B2N2O5. The molecule has 2 atom stereocenters. The summed E-state index contributed by atoms with van der Waals surface area (Å²) in [6.07, 6.45) is 0. The van der Waals surface area contributed by atoms with Crippen LogP contribution in [0.3, 0.4) is 0 Å². The quantitative estimate of drug-likeness (QED) is 0.457. The molecular weight excluding hydrogens is 322 g/mol. The van der Waals surface area contributed by atoms with Gasteiger partial charge in [0.05, 0.1) is 5.56 Å². The molecule has 121 valence electrons. The van der Waals surface area contributed by atoms with Gasteiger partial charge in [0, 0.05) is 30.6 Å². The standard InChI is InChI=1S/C16H11B2N2O5/c17-18-14(23)20-15-8-5-4-7(21)6-11(8)25-16(15,24)9-2-1-3-10(19)12(9)13(15)22/h1-6,21,24H,19H2,(H,20,23)/t15-,16-/m1/s1. The number of anilines is 1. The van der Waals surface area contributed by atoms with E-state index in [4.69, 9.17) is 18.2 Å². The lowest BCUT2D eigenvalue weighted by atomic mass is 9.55. The first-order valence-corrected chi connectivity index (χ1v) is 7.41. The van der Waals surface area contributed by atoms with Crippen molar-refractivity contribution in [3.05, 3.63) is 53.1 Å². The summed E-state index contributed by atoms with van der Waals surface area (Å²) >= 11 is 0. The Hall–Kier alpha value is -2.93. The molecule has 0 aromatic heterocycles. The third-order valence-electron chi connectivity index (χ3n) is 4.63. The molecule has 25 heavy (non-hydrogen) atoms. The van der Waals surface area contributed by atoms with Crippen LogP contribution in [0, 0.1) is 0 Å². The van der Waals surface area contributed by atoms with Crippen molar-refractivity contribution in [3.8, 4) is 11.5 Å². The van der Waals surface area contributed by atoms with Crippen LogP contribution in [-0.4, -0.2) is 36.7 Å². The molecule has 2 aromatic carbocycles. The Balaban J connectivity index is 2.05. The summed E-state index contributed by atoms with van der Waals surface area (Å²) in [6.45, 7) is 0. The monoisotopic (exact) mass is 333 g/mol. The first kappa shape index (κ1) is 15.6. The van der Waals surface area contributed by atoms with Gasteiger partial charge >= 0.3 is 0 Å². The Morgan fingerprint density at radius 3 is 2.76 bits per heavy atom. The van der Waals surface area contributed by atoms with Crippen molar-refractivity contribution >= 4 is 32.2 Å². The minimum Gasteiger partial charge on any atom is -0.508 e. The fourth-order valence-electron chi connectivity index (χ4n) is 3.59. The van der Waals surface area contributed by atoms with Gasteiger partial charge in [-0.25, -0.2) is 0 Å². The van der Waals surface area contributed by atoms with Gasteiger partial charge in [0.2, 0.25) is 11.3 Å². The number of fused-ring (bicyclic) bond motifs is 5. The highest BCUT2D eigenvalue weighted by Crippen LogP contribution is 2.59. The van der Waals surface area contributed by atoms with Crippen molar-refractivity contribution in [1.29, 1.82) is 0 Å². The second-order valence-electron chi connectivity index (χ2n) is 5.93. The van der Waals surface area contributed by atoms with Crippen molar-refractivity contribution in [1.82, 2.24) is 5.32 Å². The third-order valence-corrected chi connectivity index (χ3v) is 4.63. The highest BCUT2D eigenvalue weighted by molar-refractivity contribution is 7.08. The molecule has 9 heteroatoms. The van der Waals surface area contributed by atoms with Gasteiger partial charge in [-0.1, -0.05) is 12.1 Å². The smallest absolute Gasteiger partial charge is 0.271 e. The van der Waals surface area contributed by atoms with E-state index in [1.807, 2.05) is 0 Å².